The van der Waals surface area contributed by atoms with Gasteiger partial charge in [-0.3, -0.25) is 9.89 Å². The van der Waals surface area contributed by atoms with Crippen molar-refractivity contribution in [2.45, 2.75) is 19.3 Å². The van der Waals surface area contributed by atoms with E-state index < -0.39 is 0 Å². The topological polar surface area (TPSA) is 49.0 Å². The van der Waals surface area contributed by atoms with Gasteiger partial charge >= 0.3 is 0 Å². The average molecular weight is 255 g/mol. The van der Waals surface area contributed by atoms with Gasteiger partial charge in [-0.15, -0.1) is 0 Å². The van der Waals surface area contributed by atoms with E-state index in [1.807, 2.05) is 25.2 Å². The molecule has 3 rings (SSSR count). The van der Waals surface area contributed by atoms with Crippen LogP contribution >= 0.6 is 0 Å². The summed E-state index contributed by atoms with van der Waals surface area (Å²) in [6.45, 7) is 0. The Labute approximate surface area is 112 Å². The number of rotatable bonds is 4. The molecule has 1 aliphatic rings. The molecule has 1 aromatic carbocycles. The molecule has 19 heavy (non-hydrogen) atoms. The van der Waals surface area contributed by atoms with E-state index in [1.54, 1.807) is 17.3 Å². The molecule has 0 atom stereocenters. The SMILES string of the molecule is CN(C(=O)C1(Cc2ccccc2)CC1)c1cn[nH]c1. The molecule has 1 saturated carbocycles. The van der Waals surface area contributed by atoms with Crippen LogP contribution < -0.4 is 4.90 Å². The lowest BCUT2D eigenvalue weighted by Crippen LogP contribution is -2.35. The van der Waals surface area contributed by atoms with Crippen molar-refractivity contribution in [3.8, 4) is 0 Å². The number of carbonyl (C=O) groups is 1. The molecule has 1 aliphatic carbocycles. The van der Waals surface area contributed by atoms with Crippen molar-refractivity contribution in [1.82, 2.24) is 10.2 Å². The van der Waals surface area contributed by atoms with Crippen LogP contribution in [-0.2, 0) is 11.2 Å². The molecule has 0 unspecified atom stereocenters. The first kappa shape index (κ1) is 12.0. The Bertz CT molecular complexity index is 558. The lowest BCUT2D eigenvalue weighted by Gasteiger charge is -2.22. The smallest absolute Gasteiger partial charge is 0.233 e. The lowest BCUT2D eigenvalue weighted by molar-refractivity contribution is -0.123. The summed E-state index contributed by atoms with van der Waals surface area (Å²) in [4.78, 5) is 14.3. The Hall–Kier alpha value is -2.10. The molecule has 1 heterocycles. The van der Waals surface area contributed by atoms with Gasteiger partial charge in [-0.2, -0.15) is 5.10 Å². The van der Waals surface area contributed by atoms with Crippen LogP contribution in [0, 0.1) is 5.41 Å². The highest BCUT2D eigenvalue weighted by atomic mass is 16.2. The third-order valence-electron chi connectivity index (χ3n) is 3.87. The number of aromatic nitrogens is 2. The number of carbonyl (C=O) groups excluding carboxylic acids is 1. The molecule has 4 nitrogen and oxygen atoms in total. The maximum Gasteiger partial charge on any atom is 0.233 e. The van der Waals surface area contributed by atoms with E-state index in [-0.39, 0.29) is 11.3 Å². The Morgan fingerprint density at radius 1 is 1.37 bits per heavy atom. The third-order valence-corrected chi connectivity index (χ3v) is 3.87. The summed E-state index contributed by atoms with van der Waals surface area (Å²) >= 11 is 0. The molecule has 1 fully saturated rings. The average Bonchev–Trinajstić information content (AvgIpc) is 3.02. The number of benzene rings is 1. The van der Waals surface area contributed by atoms with Crippen molar-refractivity contribution in [3.63, 3.8) is 0 Å². The van der Waals surface area contributed by atoms with Gasteiger partial charge in [0.15, 0.2) is 0 Å². The van der Waals surface area contributed by atoms with E-state index >= 15 is 0 Å². The number of hydrogen-bond donors (Lipinski definition) is 1. The molecule has 0 aliphatic heterocycles. The zero-order chi connectivity index (χ0) is 13.3. The summed E-state index contributed by atoms with van der Waals surface area (Å²) in [6.07, 6.45) is 6.20. The van der Waals surface area contributed by atoms with Gasteiger partial charge < -0.3 is 4.90 Å². The Morgan fingerprint density at radius 2 is 2.11 bits per heavy atom. The summed E-state index contributed by atoms with van der Waals surface area (Å²) < 4.78 is 0. The summed E-state index contributed by atoms with van der Waals surface area (Å²) in [5.74, 6) is 0.192. The fourth-order valence-corrected chi connectivity index (χ4v) is 2.50. The normalized spacial score (nSPS) is 16.1. The van der Waals surface area contributed by atoms with Gasteiger partial charge in [0.2, 0.25) is 5.91 Å². The molecule has 1 aromatic heterocycles. The van der Waals surface area contributed by atoms with Crippen LogP contribution in [0.15, 0.2) is 42.7 Å². The fourth-order valence-electron chi connectivity index (χ4n) is 2.50. The molecule has 2 aromatic rings. The van der Waals surface area contributed by atoms with Crippen molar-refractivity contribution < 1.29 is 4.79 Å². The summed E-state index contributed by atoms with van der Waals surface area (Å²) in [6, 6.07) is 10.2. The highest BCUT2D eigenvalue weighted by Gasteiger charge is 2.51. The van der Waals surface area contributed by atoms with Crippen LogP contribution in [0.5, 0.6) is 0 Å². The molecule has 98 valence electrons. The minimum atomic E-state index is -0.201. The molecule has 0 bridgehead atoms. The van der Waals surface area contributed by atoms with E-state index in [4.69, 9.17) is 0 Å². The molecular formula is C15H17N3O. The number of amides is 1. The van der Waals surface area contributed by atoms with Crippen molar-refractivity contribution in [3.05, 3.63) is 48.3 Å². The summed E-state index contributed by atoms with van der Waals surface area (Å²) in [7, 11) is 1.82. The molecular weight excluding hydrogens is 238 g/mol. The van der Waals surface area contributed by atoms with E-state index in [0.29, 0.717) is 0 Å². The Balaban J connectivity index is 1.76. The Morgan fingerprint density at radius 3 is 2.68 bits per heavy atom. The molecule has 0 spiro atoms. The van der Waals surface area contributed by atoms with Crippen molar-refractivity contribution in [1.29, 1.82) is 0 Å². The van der Waals surface area contributed by atoms with Gasteiger partial charge in [0.25, 0.3) is 0 Å². The number of H-pyrrole nitrogens is 1. The van der Waals surface area contributed by atoms with Crippen LogP contribution in [0.25, 0.3) is 0 Å². The number of nitrogens with zero attached hydrogens (tertiary/aromatic N) is 2. The first-order valence-electron chi connectivity index (χ1n) is 6.52. The number of anilines is 1. The minimum absolute atomic E-state index is 0.192. The molecule has 1 N–H and O–H groups in total. The largest absolute Gasteiger partial charge is 0.312 e. The van der Waals surface area contributed by atoms with E-state index in [9.17, 15) is 4.79 Å². The molecule has 0 radical (unpaired) electrons. The quantitative estimate of drug-likeness (QED) is 0.912. The van der Waals surface area contributed by atoms with Crippen LogP contribution in [0.2, 0.25) is 0 Å². The highest BCUT2D eigenvalue weighted by molar-refractivity contribution is 5.98. The predicted octanol–water partition coefficient (Wildman–Crippen LogP) is 2.40. The van der Waals surface area contributed by atoms with E-state index in [1.165, 1.54) is 5.56 Å². The second-order valence-corrected chi connectivity index (χ2v) is 5.26. The van der Waals surface area contributed by atoms with Crippen molar-refractivity contribution >= 4 is 11.6 Å². The van der Waals surface area contributed by atoms with Gasteiger partial charge in [0.1, 0.15) is 0 Å². The predicted molar refractivity (Wildman–Crippen MR) is 73.8 cm³/mol. The van der Waals surface area contributed by atoms with Crippen LogP contribution in [0.4, 0.5) is 5.69 Å². The third kappa shape index (κ3) is 2.26. The highest BCUT2D eigenvalue weighted by Crippen LogP contribution is 2.50. The first-order chi connectivity index (χ1) is 9.21. The minimum Gasteiger partial charge on any atom is -0.312 e. The van der Waals surface area contributed by atoms with Gasteiger partial charge in [-0.05, 0) is 24.8 Å². The molecule has 1 amide bonds. The second-order valence-electron chi connectivity index (χ2n) is 5.26. The zero-order valence-corrected chi connectivity index (χ0v) is 11.0. The van der Waals surface area contributed by atoms with Crippen LogP contribution in [-0.4, -0.2) is 23.2 Å². The maximum atomic E-state index is 12.6. The Kier molecular flexibility index (Phi) is 2.85. The van der Waals surface area contributed by atoms with Gasteiger partial charge in [-0.25, -0.2) is 0 Å². The van der Waals surface area contributed by atoms with Crippen molar-refractivity contribution in [2.24, 2.45) is 5.41 Å². The monoisotopic (exact) mass is 255 g/mol. The van der Waals surface area contributed by atoms with Crippen molar-refractivity contribution in [2.75, 3.05) is 11.9 Å². The second kappa shape index (κ2) is 4.53. The maximum absolute atomic E-state index is 12.6. The molecule has 0 saturated heterocycles. The number of aromatic amines is 1. The summed E-state index contributed by atoms with van der Waals surface area (Å²) in [5.41, 5.74) is 1.85. The summed E-state index contributed by atoms with van der Waals surface area (Å²) in [5, 5.41) is 6.64. The van der Waals surface area contributed by atoms with Gasteiger partial charge in [-0.1, -0.05) is 30.3 Å². The van der Waals surface area contributed by atoms with E-state index in [0.717, 1.165) is 24.9 Å². The standard InChI is InChI=1S/C15H17N3O/c1-18(13-10-16-17-11-13)14(19)15(7-8-15)9-12-5-3-2-4-6-12/h2-6,10-11H,7-9H2,1H3,(H,16,17). The fraction of sp³-hybridized carbons (Fsp3) is 0.333. The number of nitrogens with one attached hydrogen (secondary N) is 1. The van der Waals surface area contributed by atoms with Crippen LogP contribution in [0.1, 0.15) is 18.4 Å². The lowest BCUT2D eigenvalue weighted by atomic mass is 9.95. The van der Waals surface area contributed by atoms with E-state index in [2.05, 4.69) is 22.3 Å². The van der Waals surface area contributed by atoms with Gasteiger partial charge in [0.05, 0.1) is 17.3 Å². The van der Waals surface area contributed by atoms with Gasteiger partial charge in [0, 0.05) is 13.2 Å². The van der Waals surface area contributed by atoms with Crippen LogP contribution in [0.3, 0.4) is 0 Å². The number of hydrogen-bond acceptors (Lipinski definition) is 2. The first-order valence-corrected chi connectivity index (χ1v) is 6.52. The zero-order valence-electron chi connectivity index (χ0n) is 11.0. The molecule has 4 heteroatoms.